The number of benzene rings is 3. The predicted molar refractivity (Wildman–Crippen MR) is 151 cm³/mol. The number of hydrogen-bond donors (Lipinski definition) is 5. The van der Waals surface area contributed by atoms with Crippen LogP contribution in [0.5, 0.6) is 11.5 Å². The maximum Gasteiger partial charge on any atom is 0.404 e. The Kier molecular flexibility index (Phi) is 7.54. The van der Waals surface area contributed by atoms with Crippen molar-refractivity contribution in [1.82, 2.24) is 0 Å². The lowest BCUT2D eigenvalue weighted by molar-refractivity contribution is -0.290. The van der Waals surface area contributed by atoms with E-state index in [4.69, 9.17) is 24.4 Å². The smallest absolute Gasteiger partial charge is 0.404 e. The van der Waals surface area contributed by atoms with Crippen molar-refractivity contribution < 1.29 is 43.5 Å². The number of primary amides is 1. The number of fused-ring (bicyclic) bond motifs is 2. The number of carbonyl (C=O) groups is 2. The number of aryl methyl sites for hydroxylation is 1. The highest BCUT2D eigenvalue weighted by Crippen LogP contribution is 2.39. The molecule has 4 aromatic rings. The third kappa shape index (κ3) is 5.22. The van der Waals surface area contributed by atoms with E-state index in [0.717, 1.165) is 10.8 Å². The number of nitrogens with one attached hydrogen (secondary N) is 1. The maximum absolute atomic E-state index is 12.9. The summed E-state index contributed by atoms with van der Waals surface area (Å²) in [7, 11) is 0. The molecule has 0 unspecified atom stereocenters. The minimum atomic E-state index is -1.54. The van der Waals surface area contributed by atoms with E-state index >= 15 is 0 Å². The van der Waals surface area contributed by atoms with E-state index in [1.807, 2.05) is 24.3 Å². The van der Waals surface area contributed by atoms with Crippen LogP contribution in [0.25, 0.3) is 21.7 Å². The number of hydrogen-bond acceptors (Lipinski definition) is 10. The van der Waals surface area contributed by atoms with Crippen molar-refractivity contribution in [3.8, 4) is 11.5 Å². The first kappa shape index (κ1) is 28.9. The second-order valence-electron chi connectivity index (χ2n) is 10.6. The van der Waals surface area contributed by atoms with E-state index in [1.54, 1.807) is 39.0 Å². The van der Waals surface area contributed by atoms with Crippen molar-refractivity contribution in [2.24, 2.45) is 11.7 Å². The average molecular weight is 579 g/mol. The van der Waals surface area contributed by atoms with Crippen molar-refractivity contribution in [1.29, 1.82) is 0 Å². The summed E-state index contributed by atoms with van der Waals surface area (Å²) in [5.41, 5.74) is 3.18. The third-order valence-corrected chi connectivity index (χ3v) is 7.51. The molecule has 0 aliphatic carbocycles. The fourth-order valence-electron chi connectivity index (χ4n) is 5.19. The van der Waals surface area contributed by atoms with E-state index in [9.17, 15) is 29.7 Å². The Balaban J connectivity index is 1.44. The summed E-state index contributed by atoms with van der Waals surface area (Å²) in [6, 6.07) is 15.4. The zero-order chi connectivity index (χ0) is 30.3. The Hall–Kier alpha value is -4.65. The van der Waals surface area contributed by atoms with Crippen LogP contribution in [0.1, 0.15) is 29.8 Å². The van der Waals surface area contributed by atoms with Gasteiger partial charge in [0.2, 0.25) is 6.29 Å². The van der Waals surface area contributed by atoms with Crippen LogP contribution in [-0.2, 0) is 9.47 Å². The van der Waals surface area contributed by atoms with Crippen molar-refractivity contribution in [3.05, 3.63) is 76.1 Å². The molecular formula is C30H30N2O10. The number of aliphatic hydroxyl groups is 2. The van der Waals surface area contributed by atoms with Gasteiger partial charge in [0, 0.05) is 11.1 Å². The zero-order valence-electron chi connectivity index (χ0n) is 23.0. The van der Waals surface area contributed by atoms with Crippen LogP contribution in [0.2, 0.25) is 0 Å². The lowest BCUT2D eigenvalue weighted by atomic mass is 9.81. The molecule has 12 heteroatoms. The van der Waals surface area contributed by atoms with Crippen LogP contribution >= 0.6 is 0 Å². The molecule has 3 aromatic carbocycles. The Morgan fingerprint density at radius 2 is 1.81 bits per heavy atom. The largest absolute Gasteiger partial charge is 0.505 e. The van der Waals surface area contributed by atoms with Crippen LogP contribution in [0.4, 0.5) is 10.5 Å². The monoisotopic (exact) mass is 578 g/mol. The SMILES string of the molecule is Cc1c(O[C@@H]2OC(C)(C)[C@H](CO)[C@@H](OC(N)=O)[C@H]2O)ccc2c(O)c(NC(=O)c3ccc4ccccc4c3)c(=O)oc12. The molecule has 4 atom stereocenters. The second kappa shape index (κ2) is 11.0. The van der Waals surface area contributed by atoms with Gasteiger partial charge in [-0.15, -0.1) is 0 Å². The number of anilines is 1. The summed E-state index contributed by atoms with van der Waals surface area (Å²) in [5.74, 6) is -1.80. The van der Waals surface area contributed by atoms with Gasteiger partial charge in [0.1, 0.15) is 17.4 Å². The first-order valence-corrected chi connectivity index (χ1v) is 13.1. The molecule has 1 saturated heterocycles. The molecule has 1 aliphatic rings. The highest BCUT2D eigenvalue weighted by Gasteiger charge is 2.52. The lowest BCUT2D eigenvalue weighted by Crippen LogP contribution is -2.62. The first-order valence-electron chi connectivity index (χ1n) is 13.1. The van der Waals surface area contributed by atoms with Crippen LogP contribution in [0.15, 0.2) is 63.8 Å². The van der Waals surface area contributed by atoms with E-state index in [2.05, 4.69) is 5.32 Å². The van der Waals surface area contributed by atoms with Gasteiger partial charge in [-0.2, -0.15) is 0 Å². The number of aromatic hydroxyl groups is 1. The second-order valence-corrected chi connectivity index (χ2v) is 10.6. The Labute approximate surface area is 239 Å². The normalized spacial score (nSPS) is 21.6. The van der Waals surface area contributed by atoms with Gasteiger partial charge in [-0.1, -0.05) is 30.3 Å². The van der Waals surface area contributed by atoms with Gasteiger partial charge in [-0.3, -0.25) is 4.79 Å². The van der Waals surface area contributed by atoms with E-state index in [-0.39, 0.29) is 27.8 Å². The van der Waals surface area contributed by atoms with E-state index in [0.29, 0.717) is 0 Å². The molecule has 0 bridgehead atoms. The molecule has 0 radical (unpaired) electrons. The summed E-state index contributed by atoms with van der Waals surface area (Å²) in [6.07, 6.45) is -5.29. The van der Waals surface area contributed by atoms with Gasteiger partial charge in [0.25, 0.3) is 5.91 Å². The van der Waals surface area contributed by atoms with E-state index in [1.165, 1.54) is 12.1 Å². The minimum Gasteiger partial charge on any atom is -0.505 e. The maximum atomic E-state index is 12.9. The standard InChI is InChI=1S/C30H30N2O10/c1-14-20(39-28-23(35)25(41-29(31)38)19(13-33)30(2,3)42-28)11-10-18-22(34)21(27(37)40-24(14)18)32-26(36)17-9-8-15-6-4-5-7-16(15)12-17/h4-12,19,23,25,28,33-35H,13H2,1-3H3,(H2,31,38)(H,32,36)/t19-,23-,25-,28-/m1/s1. The molecule has 1 aromatic heterocycles. The number of carbonyl (C=O) groups excluding carboxylic acids is 2. The number of aliphatic hydroxyl groups excluding tert-OH is 2. The van der Waals surface area contributed by atoms with Crippen molar-refractivity contribution in [2.75, 3.05) is 11.9 Å². The highest BCUT2D eigenvalue weighted by atomic mass is 16.7. The van der Waals surface area contributed by atoms with Crippen molar-refractivity contribution in [3.63, 3.8) is 0 Å². The van der Waals surface area contributed by atoms with Gasteiger partial charge in [0.15, 0.2) is 17.5 Å². The number of rotatable bonds is 6. The molecule has 12 nitrogen and oxygen atoms in total. The van der Waals surface area contributed by atoms with Gasteiger partial charge < -0.3 is 45.0 Å². The molecule has 1 fully saturated rings. The van der Waals surface area contributed by atoms with Crippen molar-refractivity contribution in [2.45, 2.75) is 44.9 Å². The third-order valence-electron chi connectivity index (χ3n) is 7.51. The van der Waals surface area contributed by atoms with Crippen molar-refractivity contribution >= 4 is 39.4 Å². The number of amides is 2. The number of nitrogens with two attached hydrogens (primary N) is 1. The first-order chi connectivity index (χ1) is 19.9. The zero-order valence-corrected chi connectivity index (χ0v) is 23.0. The molecule has 220 valence electrons. The fourth-order valence-corrected chi connectivity index (χ4v) is 5.19. The Bertz CT molecular complexity index is 1750. The molecule has 6 N–H and O–H groups in total. The lowest BCUT2D eigenvalue weighted by Gasteiger charge is -2.47. The van der Waals surface area contributed by atoms with Crippen LogP contribution < -0.4 is 21.4 Å². The summed E-state index contributed by atoms with van der Waals surface area (Å²) in [6.45, 7) is 4.35. The summed E-state index contributed by atoms with van der Waals surface area (Å²) >= 11 is 0. The highest BCUT2D eigenvalue weighted by molar-refractivity contribution is 6.08. The molecule has 1 aliphatic heterocycles. The predicted octanol–water partition coefficient (Wildman–Crippen LogP) is 3.16. The Morgan fingerprint density at radius 3 is 2.50 bits per heavy atom. The molecule has 2 amide bonds. The number of ether oxygens (including phenoxy) is 3. The van der Waals surface area contributed by atoms with Gasteiger partial charge in [-0.25, -0.2) is 9.59 Å². The van der Waals surface area contributed by atoms with Gasteiger partial charge in [-0.05, 0) is 55.8 Å². The Morgan fingerprint density at radius 1 is 1.10 bits per heavy atom. The van der Waals surface area contributed by atoms with Gasteiger partial charge >= 0.3 is 11.7 Å². The average Bonchev–Trinajstić information content (AvgIpc) is 2.94. The quantitative estimate of drug-likeness (QED) is 0.212. The van der Waals surface area contributed by atoms with Crippen LogP contribution in [0, 0.1) is 12.8 Å². The summed E-state index contributed by atoms with van der Waals surface area (Å²) < 4.78 is 22.4. The molecule has 0 spiro atoms. The van der Waals surface area contributed by atoms with Crippen LogP contribution in [0.3, 0.4) is 0 Å². The van der Waals surface area contributed by atoms with Crippen LogP contribution in [-0.4, -0.2) is 58.0 Å². The summed E-state index contributed by atoms with van der Waals surface area (Å²) in [4.78, 5) is 37.3. The molecule has 2 heterocycles. The minimum absolute atomic E-state index is 0.0264. The fraction of sp³-hybridized carbons (Fsp3) is 0.300. The molecule has 42 heavy (non-hydrogen) atoms. The summed E-state index contributed by atoms with van der Waals surface area (Å²) in [5, 5.41) is 36.0. The molecule has 5 rings (SSSR count). The topological polar surface area (TPSA) is 191 Å². The van der Waals surface area contributed by atoms with E-state index < -0.39 is 65.7 Å². The molecular weight excluding hydrogens is 548 g/mol. The molecule has 0 saturated carbocycles. The van der Waals surface area contributed by atoms with Gasteiger partial charge in [0.05, 0.1) is 23.5 Å².